The molecule has 1 aromatic carbocycles. The number of benzene rings is 1. The van der Waals surface area contributed by atoms with Crippen LogP contribution in [0.3, 0.4) is 0 Å². The van der Waals surface area contributed by atoms with Gasteiger partial charge in [0.2, 0.25) is 5.91 Å². The zero-order chi connectivity index (χ0) is 18.7. The molecule has 0 saturated heterocycles. The molecule has 0 unspecified atom stereocenters. The smallest absolute Gasteiger partial charge is 0.271 e. The molecule has 0 aliphatic heterocycles. The predicted octanol–water partition coefficient (Wildman–Crippen LogP) is 2.77. The molecule has 0 radical (unpaired) electrons. The van der Waals surface area contributed by atoms with E-state index in [1.54, 1.807) is 19.9 Å². The van der Waals surface area contributed by atoms with E-state index in [1.165, 1.54) is 24.5 Å². The summed E-state index contributed by atoms with van der Waals surface area (Å²) in [5.41, 5.74) is 2.20. The monoisotopic (exact) mass is 356 g/mol. The molecule has 0 bridgehead atoms. The lowest BCUT2D eigenvalue weighted by Gasteiger charge is -2.21. The van der Waals surface area contributed by atoms with Gasteiger partial charge < -0.3 is 10.6 Å². The van der Waals surface area contributed by atoms with Crippen LogP contribution >= 0.6 is 0 Å². The first kappa shape index (κ1) is 18.0. The highest BCUT2D eigenvalue weighted by Gasteiger charge is 2.34. The highest BCUT2D eigenvalue weighted by molar-refractivity contribution is 5.96. The minimum absolute atomic E-state index is 0.169. The van der Waals surface area contributed by atoms with Crippen molar-refractivity contribution >= 4 is 17.5 Å². The minimum atomic E-state index is -0.342. The number of halogens is 1. The van der Waals surface area contributed by atoms with Gasteiger partial charge in [-0.2, -0.15) is 0 Å². The second-order valence-corrected chi connectivity index (χ2v) is 6.61. The van der Waals surface area contributed by atoms with E-state index in [4.69, 9.17) is 0 Å². The van der Waals surface area contributed by atoms with Crippen LogP contribution in [-0.4, -0.2) is 27.8 Å². The summed E-state index contributed by atoms with van der Waals surface area (Å²) in [5, 5.41) is 5.74. The first-order valence-corrected chi connectivity index (χ1v) is 8.60. The largest absolute Gasteiger partial charge is 0.347 e. The summed E-state index contributed by atoms with van der Waals surface area (Å²) in [5.74, 6) is -1.18. The second kappa shape index (κ2) is 7.59. The standard InChI is InChI=1S/C19H21FN4O2/c1-11-8-13(20)6-7-15(11)23-18(25)14-4-3-5-16(14)24-19(26)17-10-21-12(2)9-22-17/h6-10,14,16H,3-5H2,1-2H3,(H,23,25)(H,24,26)/t14-,16+/m0/s1. The average Bonchev–Trinajstić information content (AvgIpc) is 3.06. The van der Waals surface area contributed by atoms with Crippen LogP contribution in [0.1, 0.15) is 41.0 Å². The SMILES string of the molecule is Cc1cnc(C(=O)N[C@@H]2CCC[C@@H]2C(=O)Nc2ccc(F)cc2C)cn1. The van der Waals surface area contributed by atoms with Crippen molar-refractivity contribution in [3.05, 3.63) is 53.4 Å². The minimum Gasteiger partial charge on any atom is -0.347 e. The summed E-state index contributed by atoms with van der Waals surface area (Å²) in [7, 11) is 0. The molecule has 1 fully saturated rings. The number of carbonyl (C=O) groups excluding carboxylic acids is 2. The number of anilines is 1. The number of carbonyl (C=O) groups is 2. The van der Waals surface area contributed by atoms with Gasteiger partial charge >= 0.3 is 0 Å². The number of hydrogen-bond donors (Lipinski definition) is 2. The molecule has 1 saturated carbocycles. The molecule has 2 aromatic rings. The molecule has 7 heteroatoms. The molecule has 136 valence electrons. The lowest BCUT2D eigenvalue weighted by atomic mass is 10.0. The number of amides is 2. The fourth-order valence-electron chi connectivity index (χ4n) is 3.19. The second-order valence-electron chi connectivity index (χ2n) is 6.61. The van der Waals surface area contributed by atoms with Gasteiger partial charge in [-0.3, -0.25) is 14.6 Å². The summed E-state index contributed by atoms with van der Waals surface area (Å²) in [6, 6.07) is 3.98. The molecular weight excluding hydrogens is 335 g/mol. The summed E-state index contributed by atoms with van der Waals surface area (Å²) >= 11 is 0. The molecule has 1 aliphatic rings. The van der Waals surface area contributed by atoms with Gasteiger partial charge in [0.25, 0.3) is 5.91 Å². The number of rotatable bonds is 4. The molecule has 1 aliphatic carbocycles. The summed E-state index contributed by atoms with van der Waals surface area (Å²) < 4.78 is 13.2. The lowest BCUT2D eigenvalue weighted by molar-refractivity contribution is -0.120. The summed E-state index contributed by atoms with van der Waals surface area (Å²) in [6.45, 7) is 3.53. The highest BCUT2D eigenvalue weighted by atomic mass is 19.1. The highest BCUT2D eigenvalue weighted by Crippen LogP contribution is 2.28. The molecule has 1 aromatic heterocycles. The number of nitrogens with one attached hydrogen (secondary N) is 2. The Hall–Kier alpha value is -2.83. The Balaban J connectivity index is 1.66. The number of aromatic nitrogens is 2. The van der Waals surface area contributed by atoms with Gasteiger partial charge in [0.05, 0.1) is 17.8 Å². The van der Waals surface area contributed by atoms with E-state index in [9.17, 15) is 14.0 Å². The van der Waals surface area contributed by atoms with E-state index in [2.05, 4.69) is 20.6 Å². The molecule has 26 heavy (non-hydrogen) atoms. The maximum Gasteiger partial charge on any atom is 0.271 e. The van der Waals surface area contributed by atoms with E-state index >= 15 is 0 Å². The Morgan fingerprint density at radius 3 is 2.65 bits per heavy atom. The zero-order valence-electron chi connectivity index (χ0n) is 14.8. The predicted molar refractivity (Wildman–Crippen MR) is 95.1 cm³/mol. The Labute approximate surface area is 151 Å². The Kier molecular flexibility index (Phi) is 5.25. The zero-order valence-corrected chi connectivity index (χ0v) is 14.8. The fraction of sp³-hybridized carbons (Fsp3) is 0.368. The maximum absolute atomic E-state index is 13.2. The lowest BCUT2D eigenvalue weighted by Crippen LogP contribution is -2.42. The third-order valence-corrected chi connectivity index (χ3v) is 4.63. The van der Waals surface area contributed by atoms with Crippen LogP contribution < -0.4 is 10.6 Å². The quantitative estimate of drug-likeness (QED) is 0.882. The number of aryl methyl sites for hydroxylation is 2. The van der Waals surface area contributed by atoms with E-state index in [0.717, 1.165) is 18.5 Å². The van der Waals surface area contributed by atoms with Gasteiger partial charge in [0.1, 0.15) is 11.5 Å². The van der Waals surface area contributed by atoms with Crippen LogP contribution in [-0.2, 0) is 4.79 Å². The van der Waals surface area contributed by atoms with Gasteiger partial charge in [-0.15, -0.1) is 0 Å². The summed E-state index contributed by atoms with van der Waals surface area (Å²) in [4.78, 5) is 33.1. The van der Waals surface area contributed by atoms with Gasteiger partial charge in [0.15, 0.2) is 0 Å². The van der Waals surface area contributed by atoms with Crippen LogP contribution in [0.5, 0.6) is 0 Å². The van der Waals surface area contributed by atoms with Crippen LogP contribution in [0.2, 0.25) is 0 Å². The van der Waals surface area contributed by atoms with E-state index in [1.807, 2.05) is 0 Å². The molecule has 6 nitrogen and oxygen atoms in total. The molecule has 3 rings (SSSR count). The van der Waals surface area contributed by atoms with Crippen molar-refractivity contribution in [2.45, 2.75) is 39.2 Å². The van der Waals surface area contributed by atoms with Gasteiger partial charge in [-0.25, -0.2) is 9.37 Å². The fourth-order valence-corrected chi connectivity index (χ4v) is 3.19. The first-order chi connectivity index (χ1) is 12.4. The normalized spacial score (nSPS) is 19.2. The molecule has 2 atom stereocenters. The number of nitrogens with zero attached hydrogens (tertiary/aromatic N) is 2. The van der Waals surface area contributed by atoms with Gasteiger partial charge in [-0.1, -0.05) is 6.42 Å². The van der Waals surface area contributed by atoms with Crippen LogP contribution in [0, 0.1) is 25.6 Å². The van der Waals surface area contributed by atoms with Crippen molar-refractivity contribution in [1.29, 1.82) is 0 Å². The Morgan fingerprint density at radius 2 is 1.96 bits per heavy atom. The van der Waals surface area contributed by atoms with Crippen molar-refractivity contribution in [2.75, 3.05) is 5.32 Å². The molecule has 2 amide bonds. The van der Waals surface area contributed by atoms with Gasteiger partial charge in [-0.05, 0) is 50.5 Å². The molecular formula is C19H21FN4O2. The topological polar surface area (TPSA) is 84.0 Å². The van der Waals surface area contributed by atoms with Crippen molar-refractivity contribution in [2.24, 2.45) is 5.92 Å². The third-order valence-electron chi connectivity index (χ3n) is 4.63. The number of hydrogen-bond acceptors (Lipinski definition) is 4. The van der Waals surface area contributed by atoms with Gasteiger partial charge in [0, 0.05) is 17.9 Å². The van der Waals surface area contributed by atoms with E-state index < -0.39 is 0 Å². The molecule has 1 heterocycles. The van der Waals surface area contributed by atoms with Crippen LogP contribution in [0.4, 0.5) is 10.1 Å². The van der Waals surface area contributed by atoms with Crippen LogP contribution in [0.25, 0.3) is 0 Å². The van der Waals surface area contributed by atoms with E-state index in [0.29, 0.717) is 17.7 Å². The summed E-state index contributed by atoms with van der Waals surface area (Å²) in [6.07, 6.45) is 5.23. The molecule has 2 N–H and O–H groups in total. The Bertz CT molecular complexity index is 823. The average molecular weight is 356 g/mol. The third kappa shape index (κ3) is 4.04. The Morgan fingerprint density at radius 1 is 1.15 bits per heavy atom. The van der Waals surface area contributed by atoms with E-state index in [-0.39, 0.29) is 35.3 Å². The first-order valence-electron chi connectivity index (χ1n) is 8.60. The van der Waals surface area contributed by atoms with Crippen molar-refractivity contribution < 1.29 is 14.0 Å². The van der Waals surface area contributed by atoms with Crippen LogP contribution in [0.15, 0.2) is 30.6 Å². The molecule has 0 spiro atoms. The van der Waals surface area contributed by atoms with Crippen molar-refractivity contribution in [3.8, 4) is 0 Å². The van der Waals surface area contributed by atoms with Crippen molar-refractivity contribution in [3.63, 3.8) is 0 Å². The van der Waals surface area contributed by atoms with Crippen molar-refractivity contribution in [1.82, 2.24) is 15.3 Å². The maximum atomic E-state index is 13.2.